The number of carbonyl (C=O) groups is 1. The van der Waals surface area contributed by atoms with Crippen LogP contribution in [0.5, 0.6) is 0 Å². The Labute approximate surface area is 206 Å². The van der Waals surface area contributed by atoms with Gasteiger partial charge in [0.1, 0.15) is 11.2 Å². The van der Waals surface area contributed by atoms with E-state index in [-0.39, 0.29) is 22.6 Å². The van der Waals surface area contributed by atoms with E-state index in [1.165, 1.54) is 11.1 Å². The maximum Gasteiger partial charge on any atom is 0.356 e. The topological polar surface area (TPSA) is 115 Å². The lowest BCUT2D eigenvalue weighted by Gasteiger charge is -2.21. The number of rotatable bonds is 5. The molecule has 0 bridgehead atoms. The molecule has 0 saturated heterocycles. The molecule has 0 fully saturated rings. The van der Waals surface area contributed by atoms with Gasteiger partial charge in [0.25, 0.3) is 0 Å². The lowest BCUT2D eigenvalue weighted by Crippen LogP contribution is -2.19. The Balaban J connectivity index is 1.58. The number of nitrogens with zero attached hydrogens (tertiary/aromatic N) is 5. The molecule has 0 radical (unpaired) electrons. The summed E-state index contributed by atoms with van der Waals surface area (Å²) < 4.78 is 0. The Hall–Kier alpha value is -4.22. The van der Waals surface area contributed by atoms with E-state index in [4.69, 9.17) is 16.6 Å². The van der Waals surface area contributed by atoms with Crippen LogP contribution < -0.4 is 10.2 Å². The normalized spacial score (nSPS) is 13.4. The van der Waals surface area contributed by atoms with Crippen LogP contribution in [0.3, 0.4) is 0 Å². The zero-order valence-corrected chi connectivity index (χ0v) is 19.8. The molecule has 2 aromatic heterocycles. The summed E-state index contributed by atoms with van der Waals surface area (Å²) in [5.41, 5.74) is 5.92. The van der Waals surface area contributed by atoms with Gasteiger partial charge in [-0.1, -0.05) is 41.9 Å². The van der Waals surface area contributed by atoms with Crippen LogP contribution in [0.4, 0.5) is 11.5 Å². The number of anilines is 2. The molecule has 5 rings (SSSR count). The standard InChI is InChI=1S/C26H21ClN6O2/c1-14-9-18(15(2)29-19-7-8-22(27)31-24(19)26(34)35)23-20(10-14)30-21(11-28)25(32-23)33-12-16-5-3-4-6-17(16)13-33/h3-10,15,29H,12-13H2,1-2H3,(H,34,35)/t15-/m1/s1. The van der Waals surface area contributed by atoms with Crippen LogP contribution in [0.25, 0.3) is 11.0 Å². The third kappa shape index (κ3) is 4.22. The molecule has 1 aliphatic heterocycles. The van der Waals surface area contributed by atoms with Crippen molar-refractivity contribution in [3.05, 3.63) is 87.3 Å². The van der Waals surface area contributed by atoms with Gasteiger partial charge >= 0.3 is 5.97 Å². The smallest absolute Gasteiger partial charge is 0.356 e. The monoisotopic (exact) mass is 484 g/mol. The number of nitrogens with one attached hydrogen (secondary N) is 1. The summed E-state index contributed by atoms with van der Waals surface area (Å²) in [7, 11) is 0. The molecule has 1 aliphatic rings. The molecule has 4 aromatic rings. The van der Waals surface area contributed by atoms with E-state index in [9.17, 15) is 15.2 Å². The highest BCUT2D eigenvalue weighted by molar-refractivity contribution is 6.29. The molecular weight excluding hydrogens is 464 g/mol. The predicted molar refractivity (Wildman–Crippen MR) is 134 cm³/mol. The Morgan fingerprint density at radius 1 is 1.14 bits per heavy atom. The minimum absolute atomic E-state index is 0.104. The van der Waals surface area contributed by atoms with Gasteiger partial charge in [0.15, 0.2) is 17.2 Å². The van der Waals surface area contributed by atoms with Crippen molar-refractivity contribution >= 4 is 40.1 Å². The van der Waals surface area contributed by atoms with Crippen LogP contribution in [0.1, 0.15) is 51.4 Å². The van der Waals surface area contributed by atoms with Gasteiger partial charge in [-0.2, -0.15) is 5.26 Å². The predicted octanol–water partition coefficient (Wildman–Crippen LogP) is 5.25. The molecule has 2 aromatic carbocycles. The molecule has 0 saturated carbocycles. The van der Waals surface area contributed by atoms with Gasteiger partial charge in [-0.25, -0.2) is 19.7 Å². The van der Waals surface area contributed by atoms with Gasteiger partial charge in [-0.15, -0.1) is 0 Å². The number of benzene rings is 2. The Morgan fingerprint density at radius 2 is 1.86 bits per heavy atom. The average Bonchev–Trinajstić information content (AvgIpc) is 3.27. The highest BCUT2D eigenvalue weighted by Crippen LogP contribution is 2.33. The summed E-state index contributed by atoms with van der Waals surface area (Å²) in [4.78, 5) is 27.3. The van der Waals surface area contributed by atoms with Gasteiger partial charge < -0.3 is 15.3 Å². The fraction of sp³-hybridized carbons (Fsp3) is 0.192. The summed E-state index contributed by atoms with van der Waals surface area (Å²) in [6.07, 6.45) is 0. The van der Waals surface area contributed by atoms with E-state index < -0.39 is 5.97 Å². The van der Waals surface area contributed by atoms with E-state index in [0.29, 0.717) is 35.6 Å². The highest BCUT2D eigenvalue weighted by atomic mass is 35.5. The average molecular weight is 485 g/mol. The molecule has 174 valence electrons. The Morgan fingerprint density at radius 3 is 2.51 bits per heavy atom. The molecule has 0 unspecified atom stereocenters. The first kappa shape index (κ1) is 22.6. The number of nitriles is 1. The van der Waals surface area contributed by atoms with Crippen molar-refractivity contribution in [1.29, 1.82) is 5.26 Å². The van der Waals surface area contributed by atoms with Crippen molar-refractivity contribution in [3.63, 3.8) is 0 Å². The van der Waals surface area contributed by atoms with Gasteiger partial charge in [-0.3, -0.25) is 0 Å². The molecule has 3 heterocycles. The van der Waals surface area contributed by atoms with Crippen LogP contribution in [-0.2, 0) is 13.1 Å². The van der Waals surface area contributed by atoms with Gasteiger partial charge in [0, 0.05) is 18.7 Å². The summed E-state index contributed by atoms with van der Waals surface area (Å²) in [5.74, 6) is -0.640. The van der Waals surface area contributed by atoms with Gasteiger partial charge in [0.2, 0.25) is 0 Å². The molecule has 0 spiro atoms. The molecule has 35 heavy (non-hydrogen) atoms. The van der Waals surface area contributed by atoms with Crippen LogP contribution in [0.2, 0.25) is 5.15 Å². The summed E-state index contributed by atoms with van der Waals surface area (Å²) in [6.45, 7) is 5.16. The molecular formula is C26H21ClN6O2. The lowest BCUT2D eigenvalue weighted by atomic mass is 10.0. The number of carboxylic acids is 1. The molecule has 1 atom stereocenters. The Bertz CT molecular complexity index is 1510. The fourth-order valence-electron chi connectivity index (χ4n) is 4.46. The quantitative estimate of drug-likeness (QED) is 0.369. The zero-order valence-electron chi connectivity index (χ0n) is 19.1. The second-order valence-corrected chi connectivity index (χ2v) is 8.94. The van der Waals surface area contributed by atoms with Crippen LogP contribution in [-0.4, -0.2) is 26.0 Å². The molecule has 8 nitrogen and oxygen atoms in total. The molecule has 2 N–H and O–H groups in total. The maximum absolute atomic E-state index is 11.7. The van der Waals surface area contributed by atoms with E-state index in [1.54, 1.807) is 12.1 Å². The third-order valence-corrected chi connectivity index (χ3v) is 6.28. The number of pyridine rings is 1. The first-order chi connectivity index (χ1) is 16.8. The number of hydrogen-bond donors (Lipinski definition) is 2. The third-order valence-electron chi connectivity index (χ3n) is 6.07. The van der Waals surface area contributed by atoms with Crippen molar-refractivity contribution in [2.45, 2.75) is 33.0 Å². The number of aromatic nitrogens is 3. The fourth-order valence-corrected chi connectivity index (χ4v) is 4.61. The maximum atomic E-state index is 11.7. The minimum Gasteiger partial charge on any atom is -0.476 e. The number of aryl methyl sites for hydroxylation is 1. The SMILES string of the molecule is Cc1cc([C@@H](C)Nc2ccc(Cl)nc2C(=O)O)c2nc(N3Cc4ccccc4C3)c(C#N)nc2c1. The van der Waals surface area contributed by atoms with Crippen molar-refractivity contribution in [3.8, 4) is 6.07 Å². The number of hydrogen-bond acceptors (Lipinski definition) is 7. The van der Waals surface area contributed by atoms with E-state index >= 15 is 0 Å². The highest BCUT2D eigenvalue weighted by Gasteiger charge is 2.25. The van der Waals surface area contributed by atoms with E-state index in [2.05, 4.69) is 38.4 Å². The van der Waals surface area contributed by atoms with Crippen molar-refractivity contribution < 1.29 is 9.90 Å². The summed E-state index contributed by atoms with van der Waals surface area (Å²) in [6, 6.07) is 17.1. The van der Waals surface area contributed by atoms with Crippen LogP contribution >= 0.6 is 11.6 Å². The number of fused-ring (bicyclic) bond motifs is 2. The summed E-state index contributed by atoms with van der Waals surface area (Å²) in [5, 5.41) is 22.7. The Kier molecular flexibility index (Phi) is 5.71. The molecule has 9 heteroatoms. The zero-order chi connectivity index (χ0) is 24.7. The second-order valence-electron chi connectivity index (χ2n) is 8.56. The summed E-state index contributed by atoms with van der Waals surface area (Å²) >= 11 is 5.90. The second kappa shape index (κ2) is 8.85. The van der Waals surface area contributed by atoms with Crippen LogP contribution in [0.15, 0.2) is 48.5 Å². The van der Waals surface area contributed by atoms with Crippen molar-refractivity contribution in [2.75, 3.05) is 10.2 Å². The largest absolute Gasteiger partial charge is 0.476 e. The van der Waals surface area contributed by atoms with Crippen molar-refractivity contribution in [1.82, 2.24) is 15.0 Å². The van der Waals surface area contributed by atoms with Gasteiger partial charge in [0.05, 0.1) is 22.8 Å². The molecule has 0 amide bonds. The van der Waals surface area contributed by atoms with E-state index in [0.717, 1.165) is 11.1 Å². The number of halogens is 1. The number of aromatic carboxylic acids is 1. The van der Waals surface area contributed by atoms with Gasteiger partial charge in [-0.05, 0) is 48.7 Å². The minimum atomic E-state index is -1.18. The lowest BCUT2D eigenvalue weighted by molar-refractivity contribution is 0.0691. The van der Waals surface area contributed by atoms with Crippen LogP contribution in [0, 0.1) is 18.3 Å². The number of carboxylic acid groups (broad SMARTS) is 1. The first-order valence-corrected chi connectivity index (χ1v) is 11.4. The van der Waals surface area contributed by atoms with Crippen molar-refractivity contribution in [2.24, 2.45) is 0 Å². The van der Waals surface area contributed by atoms with E-state index in [1.807, 2.05) is 38.1 Å². The first-order valence-electron chi connectivity index (χ1n) is 11.0. The molecule has 0 aliphatic carbocycles.